The van der Waals surface area contributed by atoms with Crippen LogP contribution in [0.15, 0.2) is 6.07 Å². The number of carbonyl (C=O) groups excluding carboxylic acids is 1. The highest BCUT2D eigenvalue weighted by atomic mass is 19.1. The Balaban J connectivity index is 2.53. The molecule has 1 aliphatic heterocycles. The highest BCUT2D eigenvalue weighted by molar-refractivity contribution is 6.62. The summed E-state index contributed by atoms with van der Waals surface area (Å²) >= 11 is 0. The molecule has 0 amide bonds. The fraction of sp³-hybridized carbons (Fsp3) is 0.533. The Kier molecular flexibility index (Phi) is 4.00. The molecule has 1 saturated heterocycles. The summed E-state index contributed by atoms with van der Waals surface area (Å²) in [5.41, 5.74) is -0.915. The van der Waals surface area contributed by atoms with Crippen molar-refractivity contribution >= 4 is 18.6 Å². The van der Waals surface area contributed by atoms with E-state index in [-0.39, 0.29) is 11.1 Å². The van der Waals surface area contributed by atoms with Crippen LogP contribution < -0.4 is 5.46 Å². The predicted octanol–water partition coefficient (Wildman–Crippen LogP) is 1.93. The molecule has 2 rings (SSSR count). The summed E-state index contributed by atoms with van der Waals surface area (Å²) in [5, 5.41) is 9.80. The molecule has 1 N–H and O–H groups in total. The van der Waals surface area contributed by atoms with E-state index in [1.807, 2.05) is 27.7 Å². The van der Waals surface area contributed by atoms with Crippen LogP contribution >= 0.6 is 0 Å². The molecule has 0 spiro atoms. The number of halogens is 1. The number of benzene rings is 1. The molecule has 0 aliphatic carbocycles. The smallest absolute Gasteiger partial charge is 0.495 e. The number of phenols is 1. The third-order valence-electron chi connectivity index (χ3n) is 4.44. The lowest BCUT2D eigenvalue weighted by Gasteiger charge is -2.32. The Bertz CT molecular complexity index is 611. The summed E-state index contributed by atoms with van der Waals surface area (Å²) in [4.78, 5) is 11.7. The lowest BCUT2D eigenvalue weighted by molar-refractivity contribution is 0.00578. The van der Waals surface area contributed by atoms with Gasteiger partial charge in [0.25, 0.3) is 0 Å². The molecule has 0 aromatic heterocycles. The van der Waals surface area contributed by atoms with Gasteiger partial charge in [0.1, 0.15) is 5.56 Å². The van der Waals surface area contributed by atoms with Crippen LogP contribution in [0.1, 0.15) is 43.6 Å². The fourth-order valence-electron chi connectivity index (χ4n) is 2.24. The van der Waals surface area contributed by atoms with Gasteiger partial charge in [0.2, 0.25) is 0 Å². The van der Waals surface area contributed by atoms with E-state index in [0.717, 1.165) is 7.11 Å². The SMILES string of the molecule is COC(=O)c1cc(B2OC(C)(C)C(C)(C)O2)c(C)c(F)c1O. The topological polar surface area (TPSA) is 65.0 Å². The van der Waals surface area contributed by atoms with Gasteiger partial charge in [-0.15, -0.1) is 0 Å². The van der Waals surface area contributed by atoms with E-state index in [4.69, 9.17) is 9.31 Å². The Labute approximate surface area is 129 Å². The van der Waals surface area contributed by atoms with Crippen molar-refractivity contribution in [1.82, 2.24) is 0 Å². The molecule has 1 aliphatic rings. The molecule has 0 saturated carbocycles. The molecule has 1 heterocycles. The number of phenolic OH excluding ortho intramolecular Hbond substituents is 1. The standard InChI is InChI=1S/C15H20BFO5/c1-8-10(16-21-14(2,3)15(4,5)22-16)7-9(13(19)20-6)12(18)11(8)17/h7,18H,1-6H3. The van der Waals surface area contributed by atoms with E-state index in [9.17, 15) is 14.3 Å². The summed E-state index contributed by atoms with van der Waals surface area (Å²) in [6.07, 6.45) is 0. The van der Waals surface area contributed by atoms with Crippen molar-refractivity contribution in [3.8, 4) is 5.75 Å². The third-order valence-corrected chi connectivity index (χ3v) is 4.44. The van der Waals surface area contributed by atoms with Crippen molar-refractivity contribution in [2.45, 2.75) is 45.8 Å². The van der Waals surface area contributed by atoms with E-state index in [1.165, 1.54) is 13.0 Å². The molecule has 1 aromatic carbocycles. The molecule has 5 nitrogen and oxygen atoms in total. The van der Waals surface area contributed by atoms with Gasteiger partial charge < -0.3 is 19.2 Å². The molecule has 0 unspecified atom stereocenters. The second-order valence-corrected chi connectivity index (χ2v) is 6.38. The van der Waals surface area contributed by atoms with Gasteiger partial charge in [-0.3, -0.25) is 0 Å². The van der Waals surface area contributed by atoms with Crippen molar-refractivity contribution in [3.63, 3.8) is 0 Å². The highest BCUT2D eigenvalue weighted by Gasteiger charge is 2.52. The fourth-order valence-corrected chi connectivity index (χ4v) is 2.24. The maximum atomic E-state index is 14.2. The minimum atomic E-state index is -0.882. The first-order chi connectivity index (χ1) is 10.0. The normalized spacial score (nSPS) is 19.3. The summed E-state index contributed by atoms with van der Waals surface area (Å²) in [6, 6.07) is 1.35. The van der Waals surface area contributed by atoms with Crippen molar-refractivity contribution in [2.24, 2.45) is 0 Å². The van der Waals surface area contributed by atoms with E-state index < -0.39 is 35.9 Å². The predicted molar refractivity (Wildman–Crippen MR) is 79.9 cm³/mol. The van der Waals surface area contributed by atoms with Crippen LogP contribution in [-0.4, -0.2) is 36.5 Å². The van der Waals surface area contributed by atoms with Gasteiger partial charge in [-0.05, 0) is 51.7 Å². The number of hydrogen-bond donors (Lipinski definition) is 1. The Hall–Kier alpha value is -1.60. The third kappa shape index (κ3) is 2.48. The van der Waals surface area contributed by atoms with Gasteiger partial charge in [-0.2, -0.15) is 0 Å². The minimum absolute atomic E-state index is 0.170. The highest BCUT2D eigenvalue weighted by Crippen LogP contribution is 2.37. The Morgan fingerprint density at radius 1 is 1.27 bits per heavy atom. The number of methoxy groups -OCH3 is 1. The van der Waals surface area contributed by atoms with E-state index in [1.54, 1.807) is 0 Å². The quantitative estimate of drug-likeness (QED) is 0.668. The summed E-state index contributed by atoms with van der Waals surface area (Å²) in [6.45, 7) is 9.00. The van der Waals surface area contributed by atoms with Gasteiger partial charge in [-0.1, -0.05) is 0 Å². The zero-order valence-corrected chi connectivity index (χ0v) is 13.6. The molecule has 0 radical (unpaired) electrons. The number of ether oxygens (including phenoxy) is 1. The van der Waals surface area contributed by atoms with Crippen LogP contribution in [0, 0.1) is 12.7 Å². The van der Waals surface area contributed by atoms with Gasteiger partial charge >= 0.3 is 13.1 Å². The molecule has 0 bridgehead atoms. The minimum Gasteiger partial charge on any atom is -0.504 e. The van der Waals surface area contributed by atoms with Gasteiger partial charge in [-0.25, -0.2) is 9.18 Å². The average Bonchev–Trinajstić information content (AvgIpc) is 2.64. The van der Waals surface area contributed by atoms with E-state index in [2.05, 4.69) is 4.74 Å². The second-order valence-electron chi connectivity index (χ2n) is 6.38. The molecule has 7 heteroatoms. The second kappa shape index (κ2) is 5.24. The first kappa shape index (κ1) is 16.8. The lowest BCUT2D eigenvalue weighted by Crippen LogP contribution is -2.41. The molecule has 22 heavy (non-hydrogen) atoms. The van der Waals surface area contributed by atoms with Crippen LogP contribution in [0.25, 0.3) is 0 Å². The van der Waals surface area contributed by atoms with Gasteiger partial charge in [0.05, 0.1) is 18.3 Å². The number of esters is 1. The zero-order valence-electron chi connectivity index (χ0n) is 13.6. The first-order valence-corrected chi connectivity index (χ1v) is 6.97. The Morgan fingerprint density at radius 3 is 2.23 bits per heavy atom. The van der Waals surface area contributed by atoms with Crippen LogP contribution in [0.2, 0.25) is 0 Å². The van der Waals surface area contributed by atoms with Crippen molar-refractivity contribution in [1.29, 1.82) is 0 Å². The molecule has 1 aromatic rings. The zero-order chi connectivity index (χ0) is 16.9. The average molecular weight is 310 g/mol. The largest absolute Gasteiger partial charge is 0.504 e. The van der Waals surface area contributed by atoms with E-state index >= 15 is 0 Å². The van der Waals surface area contributed by atoms with Crippen LogP contribution in [0.4, 0.5) is 4.39 Å². The number of carbonyl (C=O) groups is 1. The lowest BCUT2D eigenvalue weighted by atomic mass is 9.75. The van der Waals surface area contributed by atoms with Gasteiger partial charge in [0.15, 0.2) is 11.6 Å². The molecule has 0 atom stereocenters. The summed E-state index contributed by atoms with van der Waals surface area (Å²) in [5.74, 6) is -2.44. The number of hydrogen-bond acceptors (Lipinski definition) is 5. The number of aromatic hydroxyl groups is 1. The monoisotopic (exact) mass is 310 g/mol. The summed E-state index contributed by atoms with van der Waals surface area (Å²) < 4.78 is 30.5. The van der Waals surface area contributed by atoms with Crippen molar-refractivity contribution in [3.05, 3.63) is 23.0 Å². The van der Waals surface area contributed by atoms with Crippen molar-refractivity contribution < 1.29 is 28.3 Å². The summed E-state index contributed by atoms with van der Waals surface area (Å²) in [7, 11) is 0.331. The van der Waals surface area contributed by atoms with E-state index in [0.29, 0.717) is 5.46 Å². The Morgan fingerprint density at radius 2 is 1.77 bits per heavy atom. The van der Waals surface area contributed by atoms with Crippen molar-refractivity contribution in [2.75, 3.05) is 7.11 Å². The van der Waals surface area contributed by atoms with Crippen LogP contribution in [0.5, 0.6) is 5.75 Å². The molecular formula is C15H20BFO5. The van der Waals surface area contributed by atoms with Gasteiger partial charge in [0, 0.05) is 0 Å². The maximum Gasteiger partial charge on any atom is 0.495 e. The first-order valence-electron chi connectivity index (χ1n) is 6.97. The maximum absolute atomic E-state index is 14.2. The molecule has 120 valence electrons. The molecular weight excluding hydrogens is 290 g/mol. The van der Waals surface area contributed by atoms with Crippen LogP contribution in [0.3, 0.4) is 0 Å². The number of rotatable bonds is 2. The van der Waals surface area contributed by atoms with Crippen LogP contribution in [-0.2, 0) is 14.0 Å². The molecule has 1 fully saturated rings.